The van der Waals surface area contributed by atoms with Crippen molar-refractivity contribution < 1.29 is 37.5 Å². The molecular formula is C35H45N2O8P. The molecule has 0 aromatic heterocycles. The lowest BCUT2D eigenvalue weighted by Gasteiger charge is -2.30. The molecule has 4 atom stereocenters. The molecule has 0 saturated carbocycles. The van der Waals surface area contributed by atoms with Crippen LogP contribution in [0.5, 0.6) is 0 Å². The highest BCUT2D eigenvalue weighted by atomic mass is 31.2. The quantitative estimate of drug-likeness (QED) is 0.110. The number of amides is 2. The Labute approximate surface area is 271 Å². The van der Waals surface area contributed by atoms with Gasteiger partial charge in [-0.3, -0.25) is 13.9 Å². The van der Waals surface area contributed by atoms with Crippen LogP contribution in [0.15, 0.2) is 91.0 Å². The van der Waals surface area contributed by atoms with Crippen molar-refractivity contribution in [3.8, 4) is 0 Å². The standard InChI is InChI=1S/C35H45N2O8P/c1-5-6-22-31(36-35(40)43-24-29-18-12-8-13-19-29)46(41,44-25-30-20-14-9-15-21-30)45-27(4)33(38)37-32(26(2)3)34(39)42-23-28-16-10-7-11-17-28/h7-21,26-27,31-32H,5-6,22-25H2,1-4H3,(H,36,40)(H,37,38)/t27-,31?,32-,46?/m0/s1. The van der Waals surface area contributed by atoms with Gasteiger partial charge in [0.15, 0.2) is 0 Å². The second-order valence-electron chi connectivity index (χ2n) is 11.2. The lowest BCUT2D eigenvalue weighted by Crippen LogP contribution is -2.49. The molecule has 0 aliphatic carbocycles. The Balaban J connectivity index is 1.75. The van der Waals surface area contributed by atoms with Gasteiger partial charge in [0.05, 0.1) is 6.61 Å². The molecule has 10 nitrogen and oxygen atoms in total. The first kappa shape index (κ1) is 36.5. The minimum absolute atomic E-state index is 0.0129. The van der Waals surface area contributed by atoms with E-state index in [2.05, 4.69) is 10.6 Å². The topological polar surface area (TPSA) is 129 Å². The van der Waals surface area contributed by atoms with Gasteiger partial charge < -0.3 is 24.6 Å². The Morgan fingerprint density at radius 3 is 1.72 bits per heavy atom. The molecule has 2 amide bonds. The SMILES string of the molecule is CCCCC(NC(=O)OCc1ccccc1)P(=O)(OCc1ccccc1)O[C@@H](C)C(=O)N[C@H](C(=O)OCc1ccccc1)C(C)C. The molecule has 11 heteroatoms. The first-order chi connectivity index (χ1) is 22.1. The number of benzene rings is 3. The number of alkyl carbamates (subject to hydrolysis) is 1. The maximum absolute atomic E-state index is 14.5. The van der Waals surface area contributed by atoms with Gasteiger partial charge in [-0.1, -0.05) is 125 Å². The predicted octanol–water partition coefficient (Wildman–Crippen LogP) is 7.13. The number of carbonyl (C=O) groups excluding carboxylic acids is 3. The maximum Gasteiger partial charge on any atom is 0.408 e. The van der Waals surface area contributed by atoms with E-state index in [1.807, 2.05) is 85.8 Å². The molecule has 3 aromatic rings. The van der Waals surface area contributed by atoms with E-state index in [0.29, 0.717) is 6.42 Å². The van der Waals surface area contributed by atoms with Gasteiger partial charge in [0.1, 0.15) is 31.1 Å². The second kappa shape index (κ2) is 18.9. The van der Waals surface area contributed by atoms with Crippen LogP contribution in [-0.2, 0) is 52.5 Å². The van der Waals surface area contributed by atoms with Crippen LogP contribution in [0.3, 0.4) is 0 Å². The van der Waals surface area contributed by atoms with Gasteiger partial charge in [-0.2, -0.15) is 0 Å². The average molecular weight is 653 g/mol. The van der Waals surface area contributed by atoms with Crippen molar-refractivity contribution >= 4 is 25.6 Å². The van der Waals surface area contributed by atoms with E-state index in [9.17, 15) is 18.9 Å². The van der Waals surface area contributed by atoms with Crippen molar-refractivity contribution in [2.75, 3.05) is 0 Å². The Kier molecular flexibility index (Phi) is 15.0. The summed E-state index contributed by atoms with van der Waals surface area (Å²) in [6.45, 7) is 6.92. The minimum Gasteiger partial charge on any atom is -0.459 e. The summed E-state index contributed by atoms with van der Waals surface area (Å²) in [5, 5.41) is 5.36. The average Bonchev–Trinajstić information content (AvgIpc) is 3.07. The van der Waals surface area contributed by atoms with E-state index >= 15 is 0 Å². The van der Waals surface area contributed by atoms with Crippen LogP contribution in [0, 0.1) is 5.92 Å². The third-order valence-corrected chi connectivity index (χ3v) is 9.33. The van der Waals surface area contributed by atoms with Crippen molar-refractivity contribution in [2.45, 2.75) is 84.7 Å². The Bertz CT molecular complexity index is 1410. The molecule has 3 aromatic carbocycles. The summed E-state index contributed by atoms with van der Waals surface area (Å²) >= 11 is 0. The highest BCUT2D eigenvalue weighted by molar-refractivity contribution is 7.54. The lowest BCUT2D eigenvalue weighted by atomic mass is 10.0. The largest absolute Gasteiger partial charge is 0.459 e. The van der Waals surface area contributed by atoms with Crippen LogP contribution in [0.2, 0.25) is 0 Å². The third-order valence-electron chi connectivity index (χ3n) is 7.08. The number of hydrogen-bond acceptors (Lipinski definition) is 8. The summed E-state index contributed by atoms with van der Waals surface area (Å²) in [6, 6.07) is 26.5. The van der Waals surface area contributed by atoms with Gasteiger partial charge >= 0.3 is 19.7 Å². The third kappa shape index (κ3) is 12.1. The molecule has 0 aliphatic rings. The van der Waals surface area contributed by atoms with Crippen LogP contribution >= 0.6 is 7.60 Å². The van der Waals surface area contributed by atoms with Crippen LogP contribution in [0.1, 0.15) is 63.6 Å². The van der Waals surface area contributed by atoms with Crippen LogP contribution in [0.4, 0.5) is 4.79 Å². The molecular weight excluding hydrogens is 607 g/mol. The van der Waals surface area contributed by atoms with E-state index < -0.39 is 43.5 Å². The van der Waals surface area contributed by atoms with Crippen molar-refractivity contribution in [2.24, 2.45) is 5.92 Å². The minimum atomic E-state index is -4.22. The summed E-state index contributed by atoms with van der Waals surface area (Å²) in [7, 11) is -4.22. The number of ether oxygens (including phenoxy) is 2. The molecule has 0 aliphatic heterocycles. The molecule has 0 heterocycles. The van der Waals surface area contributed by atoms with Gasteiger partial charge in [-0.25, -0.2) is 9.59 Å². The summed E-state index contributed by atoms with van der Waals surface area (Å²) in [5.74, 6) is -2.70. The van der Waals surface area contributed by atoms with E-state index in [0.717, 1.165) is 23.1 Å². The first-order valence-corrected chi connectivity index (χ1v) is 17.2. The van der Waals surface area contributed by atoms with Crippen molar-refractivity contribution in [3.05, 3.63) is 108 Å². The number of unbranched alkanes of at least 4 members (excludes halogenated alkanes) is 1. The fraction of sp³-hybridized carbons (Fsp3) is 0.400. The lowest BCUT2D eigenvalue weighted by molar-refractivity contribution is -0.151. The van der Waals surface area contributed by atoms with E-state index in [-0.39, 0.29) is 32.2 Å². The van der Waals surface area contributed by atoms with Gasteiger partial charge in [-0.05, 0) is 36.0 Å². The number of rotatable bonds is 18. The van der Waals surface area contributed by atoms with Crippen LogP contribution in [-0.4, -0.2) is 35.9 Å². The smallest absolute Gasteiger partial charge is 0.408 e. The monoisotopic (exact) mass is 652 g/mol. The van der Waals surface area contributed by atoms with Crippen molar-refractivity contribution in [1.29, 1.82) is 0 Å². The van der Waals surface area contributed by atoms with Crippen LogP contribution < -0.4 is 10.6 Å². The van der Waals surface area contributed by atoms with Crippen molar-refractivity contribution in [3.63, 3.8) is 0 Å². The molecule has 3 rings (SSSR count). The second-order valence-corrected chi connectivity index (χ2v) is 13.4. The highest BCUT2D eigenvalue weighted by Crippen LogP contribution is 2.55. The molecule has 0 bridgehead atoms. The van der Waals surface area contributed by atoms with E-state index in [1.54, 1.807) is 26.0 Å². The molecule has 46 heavy (non-hydrogen) atoms. The van der Waals surface area contributed by atoms with Gasteiger partial charge in [0, 0.05) is 0 Å². The first-order valence-electron chi connectivity index (χ1n) is 15.6. The van der Waals surface area contributed by atoms with E-state index in [4.69, 9.17) is 18.5 Å². The fourth-order valence-corrected chi connectivity index (χ4v) is 6.41. The summed E-state index contributed by atoms with van der Waals surface area (Å²) in [5.41, 5.74) is 2.32. The zero-order chi connectivity index (χ0) is 33.4. The zero-order valence-corrected chi connectivity index (χ0v) is 27.8. The number of esters is 1. The van der Waals surface area contributed by atoms with Gasteiger partial charge in [0.25, 0.3) is 0 Å². The zero-order valence-electron chi connectivity index (χ0n) is 26.9. The van der Waals surface area contributed by atoms with Crippen LogP contribution in [0.25, 0.3) is 0 Å². The van der Waals surface area contributed by atoms with Gasteiger partial charge in [0.2, 0.25) is 5.91 Å². The molecule has 0 spiro atoms. The molecule has 0 saturated heterocycles. The molecule has 2 N–H and O–H groups in total. The number of nitrogens with one attached hydrogen (secondary N) is 2. The molecule has 2 unspecified atom stereocenters. The van der Waals surface area contributed by atoms with Gasteiger partial charge in [-0.15, -0.1) is 0 Å². The normalized spacial score (nSPS) is 14.4. The fourth-order valence-electron chi connectivity index (χ4n) is 4.40. The summed E-state index contributed by atoms with van der Waals surface area (Å²) in [6.07, 6.45) is -0.522. The Morgan fingerprint density at radius 1 is 0.717 bits per heavy atom. The summed E-state index contributed by atoms with van der Waals surface area (Å²) < 4.78 is 37.3. The van der Waals surface area contributed by atoms with E-state index in [1.165, 1.54) is 6.92 Å². The Hall–Kier alpha value is -3.98. The van der Waals surface area contributed by atoms with Crippen molar-refractivity contribution in [1.82, 2.24) is 10.6 Å². The Morgan fingerprint density at radius 2 is 1.22 bits per heavy atom. The predicted molar refractivity (Wildman–Crippen MR) is 175 cm³/mol. The number of carbonyl (C=O) groups is 3. The number of hydrogen-bond donors (Lipinski definition) is 2. The molecule has 0 radical (unpaired) electrons. The molecule has 248 valence electrons. The maximum atomic E-state index is 14.5. The summed E-state index contributed by atoms with van der Waals surface area (Å²) in [4.78, 5) is 39.2. The highest BCUT2D eigenvalue weighted by Gasteiger charge is 2.41. The molecule has 0 fully saturated rings.